The van der Waals surface area contributed by atoms with Gasteiger partial charge in [0.25, 0.3) is 0 Å². The second kappa shape index (κ2) is 11.0. The van der Waals surface area contributed by atoms with Crippen LogP contribution < -0.4 is 10.6 Å². The summed E-state index contributed by atoms with van der Waals surface area (Å²) >= 11 is 0. The standard InChI is InChI=1S/C17H28N2O3/c1-3-16(20)18-9-5-7-14-13-15(14)8-12-22-11-6-10-19-17(21)4-2/h3-4,14-15H,1-2,5-13H2,(H,18,20)(H,19,21). The summed E-state index contributed by atoms with van der Waals surface area (Å²) in [6.07, 6.45) is 8.02. The van der Waals surface area contributed by atoms with E-state index in [1.807, 2.05) is 0 Å². The fraction of sp³-hybridized carbons (Fsp3) is 0.647. The predicted octanol–water partition coefficient (Wildman–Crippen LogP) is 1.80. The Hall–Kier alpha value is -1.62. The number of rotatable bonds is 13. The van der Waals surface area contributed by atoms with Gasteiger partial charge in [-0.1, -0.05) is 13.2 Å². The van der Waals surface area contributed by atoms with Crippen molar-refractivity contribution in [3.05, 3.63) is 25.3 Å². The van der Waals surface area contributed by atoms with Crippen LogP contribution in [0.25, 0.3) is 0 Å². The maximum atomic E-state index is 11.0. The minimum atomic E-state index is -0.134. The molecule has 2 unspecified atom stereocenters. The summed E-state index contributed by atoms with van der Waals surface area (Å²) in [6.45, 7) is 9.66. The molecular weight excluding hydrogens is 280 g/mol. The van der Waals surface area contributed by atoms with Crippen LogP contribution in [0.3, 0.4) is 0 Å². The molecule has 0 heterocycles. The van der Waals surface area contributed by atoms with E-state index in [9.17, 15) is 9.59 Å². The predicted molar refractivity (Wildman–Crippen MR) is 87.3 cm³/mol. The number of amides is 2. The lowest BCUT2D eigenvalue weighted by molar-refractivity contribution is -0.117. The SMILES string of the molecule is C=CC(=O)NCCCOCCC1CC1CCCNC(=O)C=C. The molecule has 5 nitrogen and oxygen atoms in total. The molecule has 2 atom stereocenters. The van der Waals surface area contributed by atoms with E-state index in [2.05, 4.69) is 23.8 Å². The van der Waals surface area contributed by atoms with Crippen LogP contribution in [0.5, 0.6) is 0 Å². The molecule has 0 bridgehead atoms. The number of carbonyl (C=O) groups is 2. The Balaban J connectivity index is 1.83. The molecule has 1 saturated carbocycles. The molecule has 22 heavy (non-hydrogen) atoms. The molecular formula is C17H28N2O3. The highest BCUT2D eigenvalue weighted by molar-refractivity contribution is 5.87. The zero-order chi connectivity index (χ0) is 16.2. The lowest BCUT2D eigenvalue weighted by atomic mass is 10.1. The summed E-state index contributed by atoms with van der Waals surface area (Å²) in [7, 11) is 0. The van der Waals surface area contributed by atoms with Gasteiger partial charge in [-0.2, -0.15) is 0 Å². The summed E-state index contributed by atoms with van der Waals surface area (Å²) < 4.78 is 5.57. The minimum Gasteiger partial charge on any atom is -0.381 e. The molecule has 0 radical (unpaired) electrons. The van der Waals surface area contributed by atoms with Crippen molar-refractivity contribution in [2.75, 3.05) is 26.3 Å². The topological polar surface area (TPSA) is 67.4 Å². The van der Waals surface area contributed by atoms with Gasteiger partial charge < -0.3 is 15.4 Å². The highest BCUT2D eigenvalue weighted by Crippen LogP contribution is 2.44. The average molecular weight is 308 g/mol. The van der Waals surface area contributed by atoms with E-state index in [-0.39, 0.29) is 11.8 Å². The van der Waals surface area contributed by atoms with Gasteiger partial charge in [-0.15, -0.1) is 0 Å². The van der Waals surface area contributed by atoms with Crippen LogP contribution in [-0.2, 0) is 14.3 Å². The molecule has 0 aromatic carbocycles. The van der Waals surface area contributed by atoms with Crippen molar-refractivity contribution >= 4 is 11.8 Å². The summed E-state index contributed by atoms with van der Waals surface area (Å²) in [5.41, 5.74) is 0. The lowest BCUT2D eigenvalue weighted by Crippen LogP contribution is -2.22. The highest BCUT2D eigenvalue weighted by atomic mass is 16.5. The fourth-order valence-electron chi connectivity index (χ4n) is 2.46. The summed E-state index contributed by atoms with van der Waals surface area (Å²) in [5.74, 6) is 1.36. The Bertz CT molecular complexity index is 382. The third-order valence-corrected chi connectivity index (χ3v) is 3.89. The van der Waals surface area contributed by atoms with Gasteiger partial charge in [0.1, 0.15) is 0 Å². The van der Waals surface area contributed by atoms with Crippen molar-refractivity contribution < 1.29 is 14.3 Å². The smallest absolute Gasteiger partial charge is 0.243 e. The number of nitrogens with one attached hydrogen (secondary N) is 2. The van der Waals surface area contributed by atoms with Gasteiger partial charge in [0, 0.05) is 26.3 Å². The Morgan fingerprint density at radius 2 is 1.55 bits per heavy atom. The van der Waals surface area contributed by atoms with Crippen molar-refractivity contribution in [2.45, 2.75) is 32.1 Å². The van der Waals surface area contributed by atoms with E-state index in [0.717, 1.165) is 44.2 Å². The molecule has 0 aromatic heterocycles. The zero-order valence-electron chi connectivity index (χ0n) is 13.3. The molecule has 1 aliphatic rings. The minimum absolute atomic E-state index is 0.0926. The first-order valence-corrected chi connectivity index (χ1v) is 8.05. The monoisotopic (exact) mass is 308 g/mol. The first-order valence-electron chi connectivity index (χ1n) is 8.05. The van der Waals surface area contributed by atoms with Crippen LogP contribution in [0.1, 0.15) is 32.1 Å². The van der Waals surface area contributed by atoms with E-state index in [1.165, 1.54) is 25.0 Å². The van der Waals surface area contributed by atoms with Crippen LogP contribution >= 0.6 is 0 Å². The number of carbonyl (C=O) groups excluding carboxylic acids is 2. The van der Waals surface area contributed by atoms with Gasteiger partial charge in [0.2, 0.25) is 11.8 Å². The fourth-order valence-corrected chi connectivity index (χ4v) is 2.46. The van der Waals surface area contributed by atoms with Crippen LogP contribution in [0.4, 0.5) is 0 Å². The van der Waals surface area contributed by atoms with E-state index < -0.39 is 0 Å². The second-order valence-electron chi connectivity index (χ2n) is 5.64. The lowest BCUT2D eigenvalue weighted by Gasteiger charge is -2.05. The zero-order valence-corrected chi connectivity index (χ0v) is 13.3. The molecule has 1 rings (SSSR count). The van der Waals surface area contributed by atoms with Gasteiger partial charge in [0.05, 0.1) is 0 Å². The van der Waals surface area contributed by atoms with E-state index >= 15 is 0 Å². The van der Waals surface area contributed by atoms with Crippen LogP contribution in [-0.4, -0.2) is 38.1 Å². The highest BCUT2D eigenvalue weighted by Gasteiger charge is 2.35. The van der Waals surface area contributed by atoms with Crippen molar-refractivity contribution in [3.8, 4) is 0 Å². The molecule has 0 saturated heterocycles. The molecule has 2 N–H and O–H groups in total. The Morgan fingerprint density at radius 3 is 2.18 bits per heavy atom. The van der Waals surface area contributed by atoms with Gasteiger partial charge in [-0.3, -0.25) is 9.59 Å². The molecule has 1 fully saturated rings. The van der Waals surface area contributed by atoms with E-state index in [1.54, 1.807) is 0 Å². The summed E-state index contributed by atoms with van der Waals surface area (Å²) in [6, 6.07) is 0. The first kappa shape index (κ1) is 18.4. The van der Waals surface area contributed by atoms with Gasteiger partial charge >= 0.3 is 0 Å². The van der Waals surface area contributed by atoms with Crippen molar-refractivity contribution in [3.63, 3.8) is 0 Å². The summed E-state index contributed by atoms with van der Waals surface area (Å²) in [4.78, 5) is 21.9. The van der Waals surface area contributed by atoms with Crippen LogP contribution in [0, 0.1) is 11.8 Å². The van der Waals surface area contributed by atoms with Crippen molar-refractivity contribution in [1.82, 2.24) is 10.6 Å². The third-order valence-electron chi connectivity index (χ3n) is 3.89. The molecule has 0 aromatic rings. The third kappa shape index (κ3) is 8.62. The Kier molecular flexibility index (Phi) is 9.23. The summed E-state index contributed by atoms with van der Waals surface area (Å²) in [5, 5.41) is 5.52. The van der Waals surface area contributed by atoms with E-state index in [0.29, 0.717) is 13.2 Å². The maximum absolute atomic E-state index is 11.0. The molecule has 124 valence electrons. The second-order valence-corrected chi connectivity index (χ2v) is 5.64. The molecule has 1 aliphatic carbocycles. The largest absolute Gasteiger partial charge is 0.381 e. The first-order chi connectivity index (χ1) is 10.7. The van der Waals surface area contributed by atoms with Gasteiger partial charge in [0.15, 0.2) is 0 Å². The van der Waals surface area contributed by atoms with Crippen molar-refractivity contribution in [1.29, 1.82) is 0 Å². The van der Waals surface area contributed by atoms with Gasteiger partial charge in [-0.05, 0) is 56.1 Å². The molecule has 0 spiro atoms. The Morgan fingerprint density at radius 1 is 0.955 bits per heavy atom. The average Bonchev–Trinajstić information content (AvgIpc) is 3.28. The normalized spacial score (nSPS) is 19.3. The number of hydrogen-bond acceptors (Lipinski definition) is 3. The van der Waals surface area contributed by atoms with Gasteiger partial charge in [-0.25, -0.2) is 0 Å². The quantitative estimate of drug-likeness (QED) is 0.403. The van der Waals surface area contributed by atoms with Crippen LogP contribution in [0.2, 0.25) is 0 Å². The number of ether oxygens (including phenoxy) is 1. The molecule has 2 amide bonds. The van der Waals surface area contributed by atoms with Crippen LogP contribution in [0.15, 0.2) is 25.3 Å². The molecule has 0 aliphatic heterocycles. The van der Waals surface area contributed by atoms with E-state index in [4.69, 9.17) is 4.74 Å². The number of hydrogen-bond donors (Lipinski definition) is 2. The Labute approximate surface area is 133 Å². The maximum Gasteiger partial charge on any atom is 0.243 e. The van der Waals surface area contributed by atoms with Crippen molar-refractivity contribution in [2.24, 2.45) is 11.8 Å². The molecule has 5 heteroatoms.